The Bertz CT molecular complexity index is 807. The van der Waals surface area contributed by atoms with Gasteiger partial charge >= 0.3 is 11.9 Å². The van der Waals surface area contributed by atoms with Gasteiger partial charge in [0.1, 0.15) is 0 Å². The van der Waals surface area contributed by atoms with Crippen LogP contribution in [0.4, 0.5) is 0 Å². The number of esters is 2. The second kappa shape index (κ2) is 18.1. The van der Waals surface area contributed by atoms with Gasteiger partial charge in [-0.3, -0.25) is 9.59 Å². The van der Waals surface area contributed by atoms with Crippen LogP contribution >= 0.6 is 0 Å². The zero-order valence-electron chi connectivity index (χ0n) is 28.7. The van der Waals surface area contributed by atoms with Crippen LogP contribution in [0.5, 0.6) is 0 Å². The lowest BCUT2D eigenvalue weighted by Gasteiger charge is -2.40. The van der Waals surface area contributed by atoms with Gasteiger partial charge in [0.25, 0.3) is 0 Å². The molecule has 5 nitrogen and oxygen atoms in total. The number of aliphatic hydroxyl groups is 1. The molecule has 250 valence electrons. The van der Waals surface area contributed by atoms with Crippen LogP contribution in [-0.4, -0.2) is 36.9 Å². The third kappa shape index (κ3) is 10.2. The summed E-state index contributed by atoms with van der Waals surface area (Å²) in [4.78, 5) is 26.3. The Morgan fingerprint density at radius 1 is 0.628 bits per heavy atom. The number of ether oxygens (including phenoxy) is 2. The zero-order valence-corrected chi connectivity index (χ0v) is 28.7. The smallest absolute Gasteiger partial charge is 0.306 e. The molecule has 4 aliphatic rings. The first-order chi connectivity index (χ1) is 20.8. The van der Waals surface area contributed by atoms with Crippen molar-refractivity contribution in [3.8, 4) is 0 Å². The molecule has 4 aliphatic carbocycles. The van der Waals surface area contributed by atoms with Crippen molar-refractivity contribution >= 4 is 11.9 Å². The van der Waals surface area contributed by atoms with Crippen molar-refractivity contribution in [2.45, 2.75) is 175 Å². The molecule has 5 heteroatoms. The fourth-order valence-corrected chi connectivity index (χ4v) is 9.71. The summed E-state index contributed by atoms with van der Waals surface area (Å²) in [5, 5.41) is 10.8. The Balaban J connectivity index is 1.56. The fraction of sp³-hybridized carbons (Fsp3) is 0.947. The molecule has 0 spiro atoms. The van der Waals surface area contributed by atoms with Crippen molar-refractivity contribution in [2.75, 3.05) is 19.8 Å². The molecule has 0 aromatic carbocycles. The second-order valence-electron chi connectivity index (χ2n) is 15.5. The number of hydrogen-bond acceptors (Lipinski definition) is 5. The average molecular weight is 605 g/mol. The highest BCUT2D eigenvalue weighted by atomic mass is 16.5. The highest BCUT2D eigenvalue weighted by Gasteiger charge is 2.72. The highest BCUT2D eigenvalue weighted by Crippen LogP contribution is 2.76. The minimum Gasteiger partial charge on any atom is -0.465 e. The second-order valence-corrected chi connectivity index (χ2v) is 15.5. The molecule has 4 unspecified atom stereocenters. The van der Waals surface area contributed by atoms with Crippen molar-refractivity contribution in [3.63, 3.8) is 0 Å². The van der Waals surface area contributed by atoms with Crippen LogP contribution in [0.25, 0.3) is 0 Å². The quantitative estimate of drug-likeness (QED) is 0.0829. The van der Waals surface area contributed by atoms with Crippen molar-refractivity contribution < 1.29 is 24.2 Å². The summed E-state index contributed by atoms with van der Waals surface area (Å²) in [5.41, 5.74) is -0.447. The van der Waals surface area contributed by atoms with Gasteiger partial charge in [-0.05, 0) is 75.5 Å². The van der Waals surface area contributed by atoms with Gasteiger partial charge < -0.3 is 14.6 Å². The lowest BCUT2D eigenvalue weighted by molar-refractivity contribution is -0.152. The van der Waals surface area contributed by atoms with E-state index in [0.717, 1.165) is 57.8 Å². The average Bonchev–Trinajstić information content (AvgIpc) is 3.32. The third-order valence-electron chi connectivity index (χ3n) is 11.8. The van der Waals surface area contributed by atoms with Gasteiger partial charge in [-0.2, -0.15) is 0 Å². The number of unbranched alkanes of at least 4 members (excludes halogenated alkanes) is 8. The van der Waals surface area contributed by atoms with Crippen LogP contribution in [0.2, 0.25) is 0 Å². The predicted molar refractivity (Wildman–Crippen MR) is 176 cm³/mol. The molecule has 4 bridgehead atoms. The zero-order chi connectivity index (χ0) is 31.2. The van der Waals surface area contributed by atoms with E-state index in [2.05, 4.69) is 27.7 Å². The first-order valence-electron chi connectivity index (χ1n) is 18.7. The number of carbonyl (C=O) groups excluding carboxylic acids is 2. The van der Waals surface area contributed by atoms with Gasteiger partial charge in [-0.15, -0.1) is 0 Å². The van der Waals surface area contributed by atoms with Crippen molar-refractivity contribution in [1.29, 1.82) is 0 Å². The standard InChI is InChI=1S/C38H68O5/c1-5-9-13-17-31(18-14-10-6-2)21-34(40)42-29-36-23-33-24-37(26-36,28-39)38(25-33,27-36)30-43-35(41)22-32(19-15-11-7-3)20-16-12-8-4/h31-33,39H,5-30H2,1-4H3. The summed E-state index contributed by atoms with van der Waals surface area (Å²) < 4.78 is 12.2. The lowest BCUT2D eigenvalue weighted by Crippen LogP contribution is -2.40. The molecule has 0 heterocycles. The normalized spacial score (nSPS) is 27.5. The van der Waals surface area contributed by atoms with Gasteiger partial charge in [0.15, 0.2) is 0 Å². The number of aliphatic hydroxyl groups excluding tert-OH is 1. The van der Waals surface area contributed by atoms with Crippen LogP contribution in [-0.2, 0) is 19.1 Å². The molecule has 43 heavy (non-hydrogen) atoms. The minimum absolute atomic E-state index is 0.0363. The van der Waals surface area contributed by atoms with E-state index in [4.69, 9.17) is 9.47 Å². The molecule has 4 rings (SSSR count). The van der Waals surface area contributed by atoms with Gasteiger partial charge in [-0.25, -0.2) is 0 Å². The van der Waals surface area contributed by atoms with E-state index in [-0.39, 0.29) is 34.8 Å². The molecular weight excluding hydrogens is 536 g/mol. The Kier molecular flexibility index (Phi) is 15.3. The largest absolute Gasteiger partial charge is 0.465 e. The maximum atomic E-state index is 13.2. The molecule has 4 saturated carbocycles. The SMILES string of the molecule is CCCCCC(CCCCC)CC(=O)OCC12CC3CC(CO)(C1)C(COC(=O)CC(CCCCC)CCCCC)(C3)C2. The van der Waals surface area contributed by atoms with Gasteiger partial charge in [-0.1, -0.05) is 105 Å². The van der Waals surface area contributed by atoms with Crippen LogP contribution in [0, 0.1) is 34.0 Å². The van der Waals surface area contributed by atoms with Crippen molar-refractivity contribution in [2.24, 2.45) is 34.0 Å². The van der Waals surface area contributed by atoms with Gasteiger partial charge in [0, 0.05) is 35.7 Å². The van der Waals surface area contributed by atoms with Gasteiger partial charge in [0.05, 0.1) is 13.2 Å². The van der Waals surface area contributed by atoms with Crippen LogP contribution in [0.1, 0.15) is 175 Å². The van der Waals surface area contributed by atoms with E-state index in [9.17, 15) is 14.7 Å². The molecule has 4 fully saturated rings. The predicted octanol–water partition coefficient (Wildman–Crippen LogP) is 9.97. The molecule has 0 radical (unpaired) electrons. The maximum absolute atomic E-state index is 13.2. The number of rotatable bonds is 25. The first kappa shape index (κ1) is 36.4. The molecule has 1 N–H and O–H groups in total. The maximum Gasteiger partial charge on any atom is 0.306 e. The van der Waals surface area contributed by atoms with Crippen molar-refractivity contribution in [3.05, 3.63) is 0 Å². The Morgan fingerprint density at radius 2 is 1.05 bits per heavy atom. The summed E-state index contributed by atoms with van der Waals surface area (Å²) in [6.07, 6.45) is 25.0. The minimum atomic E-state index is -0.201. The van der Waals surface area contributed by atoms with E-state index >= 15 is 0 Å². The van der Waals surface area contributed by atoms with E-state index in [1.54, 1.807) is 0 Å². The van der Waals surface area contributed by atoms with Crippen molar-refractivity contribution in [1.82, 2.24) is 0 Å². The van der Waals surface area contributed by atoms with Gasteiger partial charge in [0.2, 0.25) is 0 Å². The summed E-state index contributed by atoms with van der Waals surface area (Å²) in [7, 11) is 0. The number of hydrogen-bond donors (Lipinski definition) is 1. The van der Waals surface area contributed by atoms with E-state index in [1.807, 2.05) is 0 Å². The molecule has 0 aromatic rings. The lowest BCUT2D eigenvalue weighted by atomic mass is 9.67. The number of carbonyl (C=O) groups is 2. The van der Waals surface area contributed by atoms with E-state index in [0.29, 0.717) is 43.8 Å². The molecular formula is C38H68O5. The van der Waals surface area contributed by atoms with Crippen LogP contribution < -0.4 is 0 Å². The van der Waals surface area contributed by atoms with Crippen LogP contribution in [0.3, 0.4) is 0 Å². The fourth-order valence-electron chi connectivity index (χ4n) is 9.71. The summed E-state index contributed by atoms with van der Waals surface area (Å²) in [6.45, 7) is 9.96. The summed E-state index contributed by atoms with van der Waals surface area (Å²) in [5.74, 6) is 1.29. The monoisotopic (exact) mass is 605 g/mol. The molecule has 0 aromatic heterocycles. The van der Waals surface area contributed by atoms with E-state index < -0.39 is 0 Å². The molecule has 4 atom stereocenters. The third-order valence-corrected chi connectivity index (χ3v) is 11.8. The highest BCUT2D eigenvalue weighted by molar-refractivity contribution is 5.70. The Morgan fingerprint density at radius 3 is 1.49 bits per heavy atom. The summed E-state index contributed by atoms with van der Waals surface area (Å²) >= 11 is 0. The van der Waals surface area contributed by atoms with Crippen LogP contribution in [0.15, 0.2) is 0 Å². The summed E-state index contributed by atoms with van der Waals surface area (Å²) in [6, 6.07) is 0. The molecule has 0 amide bonds. The molecule has 0 saturated heterocycles. The van der Waals surface area contributed by atoms with E-state index in [1.165, 1.54) is 77.0 Å². The topological polar surface area (TPSA) is 72.8 Å². The molecule has 0 aliphatic heterocycles. The Labute approximate surface area is 265 Å². The Hall–Kier alpha value is -1.10. The first-order valence-corrected chi connectivity index (χ1v) is 18.7.